The number of aliphatic imine (C=N–C) groups is 1. The normalized spacial score (nSPS) is 19.2. The Morgan fingerprint density at radius 1 is 1.32 bits per heavy atom. The molecule has 6 heteroatoms. The van der Waals surface area contributed by atoms with E-state index < -0.39 is 0 Å². The zero-order chi connectivity index (χ0) is 16.9. The van der Waals surface area contributed by atoms with E-state index in [0.717, 1.165) is 49.1 Å². The zero-order valence-corrected chi connectivity index (χ0v) is 17.8. The lowest BCUT2D eigenvalue weighted by atomic mass is 10.1. The Labute approximate surface area is 168 Å². The van der Waals surface area contributed by atoms with Gasteiger partial charge in [-0.2, -0.15) is 0 Å². The molecule has 0 saturated carbocycles. The van der Waals surface area contributed by atoms with Gasteiger partial charge in [-0.1, -0.05) is 0 Å². The maximum absolute atomic E-state index is 5.90. The summed E-state index contributed by atoms with van der Waals surface area (Å²) in [5, 5.41) is 3.41. The minimum absolute atomic E-state index is 0. The number of likely N-dealkylation sites (tertiary alicyclic amines) is 1. The van der Waals surface area contributed by atoms with Crippen LogP contribution in [0, 0.1) is 0 Å². The Morgan fingerprint density at radius 2 is 2.08 bits per heavy atom. The second-order valence-corrected chi connectivity index (χ2v) is 6.50. The number of nitrogens with zero attached hydrogens (tertiary/aromatic N) is 2. The second-order valence-electron chi connectivity index (χ2n) is 6.50. The highest BCUT2D eigenvalue weighted by Crippen LogP contribution is 2.35. The lowest BCUT2D eigenvalue weighted by Crippen LogP contribution is -2.39. The van der Waals surface area contributed by atoms with Gasteiger partial charge in [0, 0.05) is 37.2 Å². The van der Waals surface area contributed by atoms with Crippen LogP contribution in [0.5, 0.6) is 11.5 Å². The molecule has 2 aliphatic heterocycles. The van der Waals surface area contributed by atoms with E-state index in [9.17, 15) is 0 Å². The van der Waals surface area contributed by atoms with Gasteiger partial charge in [-0.15, -0.1) is 24.0 Å². The van der Waals surface area contributed by atoms with Crippen molar-refractivity contribution in [3.8, 4) is 11.5 Å². The summed E-state index contributed by atoms with van der Waals surface area (Å²) in [6.45, 7) is 10.6. The molecule has 1 unspecified atom stereocenters. The largest absolute Gasteiger partial charge is 0.494 e. The van der Waals surface area contributed by atoms with Crippen molar-refractivity contribution in [3.05, 3.63) is 23.3 Å². The molecule has 3 rings (SSSR count). The van der Waals surface area contributed by atoms with Crippen molar-refractivity contribution in [2.24, 2.45) is 4.99 Å². The van der Waals surface area contributed by atoms with E-state index in [1.54, 1.807) is 0 Å². The highest BCUT2D eigenvalue weighted by Gasteiger charge is 2.22. The number of halogens is 1. The van der Waals surface area contributed by atoms with E-state index in [1.807, 2.05) is 6.92 Å². The van der Waals surface area contributed by atoms with E-state index in [0.29, 0.717) is 13.2 Å². The number of guanidine groups is 1. The van der Waals surface area contributed by atoms with Gasteiger partial charge in [0.15, 0.2) is 5.96 Å². The molecule has 0 aliphatic carbocycles. The Hall–Kier alpha value is -1.18. The van der Waals surface area contributed by atoms with Gasteiger partial charge in [-0.05, 0) is 45.7 Å². The average Bonchev–Trinajstić information content (AvgIpc) is 3.20. The summed E-state index contributed by atoms with van der Waals surface area (Å²) in [6.07, 6.45) is 3.70. The van der Waals surface area contributed by atoms with Crippen LogP contribution in [-0.2, 0) is 13.0 Å². The van der Waals surface area contributed by atoms with E-state index in [2.05, 4.69) is 36.2 Å². The number of rotatable bonds is 5. The smallest absolute Gasteiger partial charge is 0.194 e. The Bertz CT molecular complexity index is 601. The molecule has 5 nitrogen and oxygen atoms in total. The highest BCUT2D eigenvalue weighted by atomic mass is 127. The lowest BCUT2D eigenvalue weighted by Gasteiger charge is -2.21. The Balaban J connectivity index is 0.00000225. The predicted molar refractivity (Wildman–Crippen MR) is 112 cm³/mol. The maximum atomic E-state index is 5.90. The minimum Gasteiger partial charge on any atom is -0.494 e. The molecule has 0 spiro atoms. The van der Waals surface area contributed by atoms with Crippen LogP contribution in [0.4, 0.5) is 0 Å². The van der Waals surface area contributed by atoms with E-state index >= 15 is 0 Å². The average molecular weight is 459 g/mol. The SMILES string of the molecule is CCNC(=NCc1cc2c(cc1OCC)CC(C)O2)N1CCCC1.I. The van der Waals surface area contributed by atoms with Crippen molar-refractivity contribution in [1.29, 1.82) is 0 Å². The summed E-state index contributed by atoms with van der Waals surface area (Å²) in [5.41, 5.74) is 2.34. The van der Waals surface area contributed by atoms with Crippen LogP contribution < -0.4 is 14.8 Å². The molecule has 25 heavy (non-hydrogen) atoms. The summed E-state index contributed by atoms with van der Waals surface area (Å²) < 4.78 is 11.8. The van der Waals surface area contributed by atoms with E-state index in [-0.39, 0.29) is 30.1 Å². The number of benzene rings is 1. The third-order valence-electron chi connectivity index (χ3n) is 4.52. The molecule has 1 aromatic carbocycles. The second kappa shape index (κ2) is 9.50. The quantitative estimate of drug-likeness (QED) is 0.416. The fraction of sp³-hybridized carbons (Fsp3) is 0.632. The zero-order valence-electron chi connectivity index (χ0n) is 15.5. The summed E-state index contributed by atoms with van der Waals surface area (Å²) in [7, 11) is 0. The third kappa shape index (κ3) is 4.92. The fourth-order valence-corrected chi connectivity index (χ4v) is 3.41. The number of hydrogen-bond donors (Lipinski definition) is 1. The summed E-state index contributed by atoms with van der Waals surface area (Å²) in [6, 6.07) is 4.25. The van der Waals surface area contributed by atoms with Crippen LogP contribution in [0.3, 0.4) is 0 Å². The van der Waals surface area contributed by atoms with Gasteiger partial charge in [0.25, 0.3) is 0 Å². The van der Waals surface area contributed by atoms with Crippen LogP contribution >= 0.6 is 24.0 Å². The summed E-state index contributed by atoms with van der Waals surface area (Å²) in [5.74, 6) is 2.93. The molecule has 2 heterocycles. The predicted octanol–water partition coefficient (Wildman–Crippen LogP) is 3.59. The van der Waals surface area contributed by atoms with Crippen molar-refractivity contribution in [3.63, 3.8) is 0 Å². The molecular weight excluding hydrogens is 429 g/mol. The van der Waals surface area contributed by atoms with Crippen molar-refractivity contribution < 1.29 is 9.47 Å². The summed E-state index contributed by atoms with van der Waals surface area (Å²) >= 11 is 0. The fourth-order valence-electron chi connectivity index (χ4n) is 3.41. The van der Waals surface area contributed by atoms with Gasteiger partial charge in [0.1, 0.15) is 17.6 Å². The van der Waals surface area contributed by atoms with Crippen LogP contribution in [0.1, 0.15) is 44.7 Å². The molecule has 1 atom stereocenters. The molecule has 1 fully saturated rings. The number of ether oxygens (including phenoxy) is 2. The lowest BCUT2D eigenvalue weighted by molar-refractivity contribution is 0.254. The number of nitrogens with one attached hydrogen (secondary N) is 1. The third-order valence-corrected chi connectivity index (χ3v) is 4.52. The monoisotopic (exact) mass is 459 g/mol. The Kier molecular flexibility index (Phi) is 7.65. The van der Waals surface area contributed by atoms with Gasteiger partial charge >= 0.3 is 0 Å². The van der Waals surface area contributed by atoms with Crippen molar-refractivity contribution in [2.45, 2.75) is 52.7 Å². The molecule has 140 valence electrons. The summed E-state index contributed by atoms with van der Waals surface area (Å²) in [4.78, 5) is 7.19. The van der Waals surface area contributed by atoms with Gasteiger partial charge in [-0.25, -0.2) is 4.99 Å². The van der Waals surface area contributed by atoms with Crippen LogP contribution in [-0.4, -0.2) is 43.2 Å². The number of fused-ring (bicyclic) bond motifs is 1. The van der Waals surface area contributed by atoms with Crippen LogP contribution in [0.2, 0.25) is 0 Å². The Morgan fingerprint density at radius 3 is 2.76 bits per heavy atom. The molecule has 1 N–H and O–H groups in total. The van der Waals surface area contributed by atoms with E-state index in [1.165, 1.54) is 18.4 Å². The van der Waals surface area contributed by atoms with Crippen molar-refractivity contribution >= 4 is 29.9 Å². The first-order valence-corrected chi connectivity index (χ1v) is 9.19. The molecule has 1 saturated heterocycles. The van der Waals surface area contributed by atoms with E-state index in [4.69, 9.17) is 14.5 Å². The van der Waals surface area contributed by atoms with Crippen molar-refractivity contribution in [2.75, 3.05) is 26.2 Å². The number of hydrogen-bond acceptors (Lipinski definition) is 3. The first-order valence-electron chi connectivity index (χ1n) is 9.19. The minimum atomic E-state index is 0. The maximum Gasteiger partial charge on any atom is 0.194 e. The molecule has 0 radical (unpaired) electrons. The molecule has 0 amide bonds. The van der Waals surface area contributed by atoms with Crippen LogP contribution in [0.15, 0.2) is 17.1 Å². The molecule has 0 aromatic heterocycles. The van der Waals surface area contributed by atoms with Crippen molar-refractivity contribution in [1.82, 2.24) is 10.2 Å². The van der Waals surface area contributed by atoms with Gasteiger partial charge < -0.3 is 19.7 Å². The molecule has 1 aromatic rings. The molecule has 2 aliphatic rings. The first kappa shape index (κ1) is 20.1. The van der Waals surface area contributed by atoms with Crippen LogP contribution in [0.25, 0.3) is 0 Å². The van der Waals surface area contributed by atoms with Gasteiger partial charge in [0.2, 0.25) is 0 Å². The van der Waals surface area contributed by atoms with Gasteiger partial charge in [0.05, 0.1) is 13.2 Å². The highest BCUT2D eigenvalue weighted by molar-refractivity contribution is 14.0. The standard InChI is InChI=1S/C19H29N3O2.HI/c1-4-20-19(22-8-6-7-9-22)21-13-16-12-18-15(10-14(3)24-18)11-17(16)23-5-2;/h11-12,14H,4-10,13H2,1-3H3,(H,20,21);1H. The van der Waals surface area contributed by atoms with Gasteiger partial charge in [-0.3, -0.25) is 0 Å². The molecular formula is C19H30IN3O2. The topological polar surface area (TPSA) is 46.1 Å². The first-order chi connectivity index (χ1) is 11.7. The molecule has 0 bridgehead atoms.